The van der Waals surface area contributed by atoms with Crippen LogP contribution in [-0.4, -0.2) is 42.9 Å². The standard InChI is InChI=1S/C26H46O4/c1-16(2)13-17(3)14-18(4)23-19(5)15-20(6)26(30-23)25(8,9)24(28-10)21(7)22(29-26)11-12-27/h13-14,17,19-24,27H,11-12,15H2,1-10H3/b18-14+/t17-,19-,20+,21+,22-,23+,24-,26+/m0/s1. The van der Waals surface area contributed by atoms with Crippen molar-refractivity contribution in [1.29, 1.82) is 0 Å². The number of aliphatic hydroxyl groups excluding tert-OH is 1. The lowest BCUT2D eigenvalue weighted by atomic mass is 9.62. The van der Waals surface area contributed by atoms with Crippen LogP contribution in [-0.2, 0) is 14.2 Å². The minimum absolute atomic E-state index is 0.00631. The fraction of sp³-hybridized carbons (Fsp3) is 0.846. The van der Waals surface area contributed by atoms with Crippen LogP contribution in [0.15, 0.2) is 23.3 Å². The third kappa shape index (κ3) is 4.72. The van der Waals surface area contributed by atoms with Crippen LogP contribution in [0.3, 0.4) is 0 Å². The van der Waals surface area contributed by atoms with E-state index < -0.39 is 5.79 Å². The molecule has 2 heterocycles. The molecule has 1 N–H and O–H groups in total. The minimum Gasteiger partial charge on any atom is -0.396 e. The Hall–Kier alpha value is -0.680. The van der Waals surface area contributed by atoms with Crippen LogP contribution in [0.5, 0.6) is 0 Å². The molecule has 174 valence electrons. The van der Waals surface area contributed by atoms with E-state index in [1.165, 1.54) is 11.1 Å². The van der Waals surface area contributed by atoms with Gasteiger partial charge in [0.2, 0.25) is 0 Å². The Morgan fingerprint density at radius 2 is 1.77 bits per heavy atom. The second-order valence-electron chi connectivity index (χ2n) is 10.7. The van der Waals surface area contributed by atoms with Crippen LogP contribution in [0.25, 0.3) is 0 Å². The molecule has 2 aliphatic heterocycles. The molecular weight excluding hydrogens is 376 g/mol. The molecule has 0 saturated carbocycles. The van der Waals surface area contributed by atoms with Crippen LogP contribution < -0.4 is 0 Å². The Labute approximate surface area is 185 Å². The van der Waals surface area contributed by atoms with E-state index in [4.69, 9.17) is 14.2 Å². The van der Waals surface area contributed by atoms with E-state index in [1.807, 2.05) is 0 Å². The maximum Gasteiger partial charge on any atom is 0.179 e. The molecular formula is C26H46O4. The number of hydrogen-bond donors (Lipinski definition) is 1. The quantitative estimate of drug-likeness (QED) is 0.554. The summed E-state index contributed by atoms with van der Waals surface area (Å²) in [4.78, 5) is 0. The third-order valence-corrected chi connectivity index (χ3v) is 7.43. The van der Waals surface area contributed by atoms with E-state index in [2.05, 4.69) is 74.5 Å². The summed E-state index contributed by atoms with van der Waals surface area (Å²) in [7, 11) is 1.79. The van der Waals surface area contributed by atoms with Gasteiger partial charge in [0.25, 0.3) is 0 Å². The Morgan fingerprint density at radius 1 is 1.13 bits per heavy atom. The topological polar surface area (TPSA) is 47.9 Å². The second-order valence-corrected chi connectivity index (χ2v) is 10.7. The van der Waals surface area contributed by atoms with Crippen molar-refractivity contribution < 1.29 is 19.3 Å². The van der Waals surface area contributed by atoms with Crippen LogP contribution in [0.1, 0.15) is 75.2 Å². The lowest BCUT2D eigenvalue weighted by Crippen LogP contribution is -2.70. The predicted octanol–water partition coefficient (Wildman–Crippen LogP) is 5.75. The van der Waals surface area contributed by atoms with Crippen LogP contribution in [0, 0.1) is 29.1 Å². The van der Waals surface area contributed by atoms with Gasteiger partial charge in [0, 0.05) is 31.0 Å². The van der Waals surface area contributed by atoms with E-state index in [0.29, 0.717) is 18.3 Å². The van der Waals surface area contributed by atoms with E-state index in [0.717, 1.165) is 6.42 Å². The highest BCUT2D eigenvalue weighted by atomic mass is 16.7. The van der Waals surface area contributed by atoms with Crippen molar-refractivity contribution >= 4 is 0 Å². The zero-order valence-electron chi connectivity index (χ0n) is 21.0. The van der Waals surface area contributed by atoms with Gasteiger partial charge in [-0.25, -0.2) is 0 Å². The molecule has 0 aromatic carbocycles. The summed E-state index contributed by atoms with van der Waals surface area (Å²) in [6.07, 6.45) is 6.17. The van der Waals surface area contributed by atoms with E-state index in [9.17, 15) is 5.11 Å². The van der Waals surface area contributed by atoms with Gasteiger partial charge in [0.05, 0.1) is 18.3 Å². The highest BCUT2D eigenvalue weighted by Crippen LogP contribution is 2.57. The van der Waals surface area contributed by atoms with Crippen molar-refractivity contribution in [1.82, 2.24) is 0 Å². The largest absolute Gasteiger partial charge is 0.396 e. The molecule has 0 bridgehead atoms. The molecule has 0 radical (unpaired) electrons. The van der Waals surface area contributed by atoms with E-state index in [-0.39, 0.29) is 42.2 Å². The molecule has 0 aromatic heterocycles. The molecule has 2 aliphatic rings. The lowest BCUT2D eigenvalue weighted by Gasteiger charge is -2.62. The van der Waals surface area contributed by atoms with Crippen LogP contribution >= 0.6 is 0 Å². The normalized spacial score (nSPS) is 40.3. The average molecular weight is 423 g/mol. The van der Waals surface area contributed by atoms with E-state index >= 15 is 0 Å². The summed E-state index contributed by atoms with van der Waals surface area (Å²) in [5.74, 6) is 0.456. The number of ether oxygens (including phenoxy) is 3. The molecule has 30 heavy (non-hydrogen) atoms. The van der Waals surface area contributed by atoms with E-state index in [1.54, 1.807) is 7.11 Å². The Morgan fingerprint density at radius 3 is 2.30 bits per heavy atom. The number of rotatable bonds is 6. The molecule has 4 nitrogen and oxygen atoms in total. The summed E-state index contributed by atoms with van der Waals surface area (Å²) >= 11 is 0. The molecule has 0 aliphatic carbocycles. The molecule has 2 fully saturated rings. The number of allylic oxidation sites excluding steroid dienone is 3. The van der Waals surface area contributed by atoms with Crippen LogP contribution in [0.4, 0.5) is 0 Å². The van der Waals surface area contributed by atoms with Crippen molar-refractivity contribution in [3.8, 4) is 0 Å². The second kappa shape index (κ2) is 9.85. The summed E-state index contributed by atoms with van der Waals surface area (Å²) in [5.41, 5.74) is 2.27. The van der Waals surface area contributed by atoms with Crippen molar-refractivity contribution in [3.05, 3.63) is 23.3 Å². The Kier molecular flexibility index (Phi) is 8.40. The summed E-state index contributed by atoms with van der Waals surface area (Å²) in [6.45, 7) is 20.0. The summed E-state index contributed by atoms with van der Waals surface area (Å²) < 4.78 is 19.9. The number of methoxy groups -OCH3 is 1. The predicted molar refractivity (Wildman–Crippen MR) is 123 cm³/mol. The zero-order chi connectivity index (χ0) is 22.9. The van der Waals surface area contributed by atoms with Crippen molar-refractivity contribution in [2.24, 2.45) is 29.1 Å². The Bertz CT molecular complexity index is 633. The van der Waals surface area contributed by atoms with Gasteiger partial charge in [-0.1, -0.05) is 59.3 Å². The van der Waals surface area contributed by atoms with Crippen molar-refractivity contribution in [3.63, 3.8) is 0 Å². The van der Waals surface area contributed by atoms with Gasteiger partial charge in [-0.05, 0) is 51.0 Å². The molecule has 2 saturated heterocycles. The molecule has 0 amide bonds. The highest BCUT2D eigenvalue weighted by Gasteiger charge is 2.64. The van der Waals surface area contributed by atoms with Gasteiger partial charge in [-0.15, -0.1) is 0 Å². The average Bonchev–Trinajstić information content (AvgIpc) is 2.61. The van der Waals surface area contributed by atoms with Crippen molar-refractivity contribution in [2.45, 2.75) is 99.3 Å². The van der Waals surface area contributed by atoms with Gasteiger partial charge in [0.15, 0.2) is 5.79 Å². The molecule has 0 aromatic rings. The molecule has 4 heteroatoms. The maximum atomic E-state index is 9.66. The first kappa shape index (κ1) is 25.6. The Balaban J connectivity index is 2.45. The third-order valence-electron chi connectivity index (χ3n) is 7.43. The van der Waals surface area contributed by atoms with Gasteiger partial charge in [0.1, 0.15) is 0 Å². The first-order valence-electron chi connectivity index (χ1n) is 11.7. The molecule has 1 spiro atoms. The monoisotopic (exact) mass is 422 g/mol. The van der Waals surface area contributed by atoms with Crippen LogP contribution in [0.2, 0.25) is 0 Å². The SMILES string of the molecule is CO[C@H]1[C@H](C)[C@H](CCO)O[C@]2(O[C@H](/C(C)=C/[C@@H](C)C=C(C)C)[C@@H](C)C[C@H]2C)C1(C)C. The number of aliphatic hydroxyl groups is 1. The highest BCUT2D eigenvalue weighted by molar-refractivity contribution is 5.16. The summed E-state index contributed by atoms with van der Waals surface area (Å²) in [6, 6.07) is 0. The van der Waals surface area contributed by atoms with Gasteiger partial charge >= 0.3 is 0 Å². The first-order chi connectivity index (χ1) is 13.9. The lowest BCUT2D eigenvalue weighted by molar-refractivity contribution is -0.413. The van der Waals surface area contributed by atoms with Gasteiger partial charge in [-0.3, -0.25) is 0 Å². The van der Waals surface area contributed by atoms with Crippen molar-refractivity contribution in [2.75, 3.05) is 13.7 Å². The zero-order valence-corrected chi connectivity index (χ0v) is 21.0. The molecule has 2 rings (SSSR count). The molecule has 8 atom stereocenters. The summed E-state index contributed by atoms with van der Waals surface area (Å²) in [5, 5.41) is 9.66. The fourth-order valence-corrected chi connectivity index (χ4v) is 6.31. The smallest absolute Gasteiger partial charge is 0.179 e. The maximum absolute atomic E-state index is 9.66. The number of hydrogen-bond acceptors (Lipinski definition) is 4. The minimum atomic E-state index is -0.744. The van der Waals surface area contributed by atoms with Gasteiger partial charge < -0.3 is 19.3 Å². The first-order valence-corrected chi connectivity index (χ1v) is 11.7. The van der Waals surface area contributed by atoms with Gasteiger partial charge in [-0.2, -0.15) is 0 Å². The molecule has 0 unspecified atom stereocenters. The fourth-order valence-electron chi connectivity index (χ4n) is 6.31.